The largest absolute Gasteiger partial charge is 0.506 e. The summed E-state index contributed by atoms with van der Waals surface area (Å²) in [6.07, 6.45) is 0. The minimum absolute atomic E-state index is 0.0315. The maximum Gasteiger partial charge on any atom is 0.344 e. The number of halogens is 1. The average Bonchev–Trinajstić information content (AvgIpc) is 2.56. The lowest BCUT2D eigenvalue weighted by atomic mass is 10.0. The van der Waals surface area contributed by atoms with Gasteiger partial charge >= 0.3 is 5.97 Å². The van der Waals surface area contributed by atoms with E-state index in [1.807, 2.05) is 6.07 Å². The fraction of sp³-hybridized carbons (Fsp3) is 0.111. The topological polar surface area (TPSA) is 59.4 Å². The first kappa shape index (κ1) is 16.3. The first-order valence-corrected chi connectivity index (χ1v) is 7.75. The Balaban J connectivity index is 2.23. The number of benzene rings is 2. The van der Waals surface area contributed by atoms with Gasteiger partial charge in [0, 0.05) is 10.9 Å². The van der Waals surface area contributed by atoms with Crippen LogP contribution in [0, 0.1) is 5.82 Å². The number of hydrogen-bond acceptors (Lipinski definition) is 5. The maximum atomic E-state index is 14.5. The number of hydrogen-bond donors (Lipinski definition) is 2. The molecule has 122 valence electrons. The summed E-state index contributed by atoms with van der Waals surface area (Å²) >= 11 is 4.16. The number of aromatic nitrogens is 1. The van der Waals surface area contributed by atoms with Crippen molar-refractivity contribution in [3.63, 3.8) is 0 Å². The monoisotopic (exact) mass is 343 g/mol. The number of rotatable bonds is 3. The van der Waals surface area contributed by atoms with Crippen molar-refractivity contribution in [2.24, 2.45) is 0 Å². The van der Waals surface area contributed by atoms with E-state index in [-0.39, 0.29) is 28.3 Å². The molecule has 1 aromatic heterocycles. The first-order valence-electron chi connectivity index (χ1n) is 7.30. The van der Waals surface area contributed by atoms with Gasteiger partial charge in [0.15, 0.2) is 0 Å². The van der Waals surface area contributed by atoms with Crippen molar-refractivity contribution >= 4 is 29.5 Å². The van der Waals surface area contributed by atoms with Gasteiger partial charge in [0.2, 0.25) is 0 Å². The Bertz CT molecular complexity index is 929. The average molecular weight is 343 g/mol. The van der Waals surface area contributed by atoms with E-state index in [4.69, 9.17) is 4.74 Å². The number of nitrogens with zero attached hydrogens (tertiary/aromatic N) is 1. The molecule has 0 bridgehead atoms. The minimum atomic E-state index is -0.748. The van der Waals surface area contributed by atoms with Gasteiger partial charge in [0.1, 0.15) is 22.2 Å². The van der Waals surface area contributed by atoms with Gasteiger partial charge in [-0.1, -0.05) is 30.3 Å². The van der Waals surface area contributed by atoms with Gasteiger partial charge in [-0.25, -0.2) is 14.2 Å². The summed E-state index contributed by atoms with van der Waals surface area (Å²) in [5, 5.41) is 10.5. The highest BCUT2D eigenvalue weighted by atomic mass is 32.1. The highest BCUT2D eigenvalue weighted by Crippen LogP contribution is 2.35. The Morgan fingerprint density at radius 3 is 2.67 bits per heavy atom. The van der Waals surface area contributed by atoms with E-state index in [0.29, 0.717) is 16.6 Å². The number of pyridine rings is 1. The molecular formula is C18H14FNO3S. The van der Waals surface area contributed by atoms with Gasteiger partial charge in [0.25, 0.3) is 0 Å². The van der Waals surface area contributed by atoms with Crippen molar-refractivity contribution < 1.29 is 19.0 Å². The Labute approximate surface area is 143 Å². The second-order valence-corrected chi connectivity index (χ2v) is 5.52. The van der Waals surface area contributed by atoms with E-state index in [9.17, 15) is 14.3 Å². The maximum absolute atomic E-state index is 14.5. The molecule has 1 heterocycles. The number of aromatic hydroxyl groups is 1. The Morgan fingerprint density at radius 2 is 2.00 bits per heavy atom. The SMILES string of the molecule is CCOC(=O)c1c(S)nc2cc(-c3ccccc3)c(F)cc2c1O. The van der Waals surface area contributed by atoms with Gasteiger partial charge in [0.05, 0.1) is 12.1 Å². The predicted molar refractivity (Wildman–Crippen MR) is 92.0 cm³/mol. The molecule has 24 heavy (non-hydrogen) atoms. The zero-order valence-corrected chi connectivity index (χ0v) is 13.7. The minimum Gasteiger partial charge on any atom is -0.506 e. The van der Waals surface area contributed by atoms with E-state index in [2.05, 4.69) is 17.6 Å². The number of ether oxygens (including phenoxy) is 1. The Hall–Kier alpha value is -2.60. The van der Waals surface area contributed by atoms with Crippen molar-refractivity contribution in [2.75, 3.05) is 6.61 Å². The molecule has 0 saturated carbocycles. The van der Waals surface area contributed by atoms with Crippen LogP contribution in [-0.2, 0) is 4.74 Å². The van der Waals surface area contributed by atoms with Crippen LogP contribution in [0.2, 0.25) is 0 Å². The predicted octanol–water partition coefficient (Wildman–Crippen LogP) is 4.21. The second-order valence-electron chi connectivity index (χ2n) is 5.09. The number of fused-ring (bicyclic) bond motifs is 1. The fourth-order valence-corrected chi connectivity index (χ4v) is 2.79. The third-order valence-electron chi connectivity index (χ3n) is 3.59. The summed E-state index contributed by atoms with van der Waals surface area (Å²) in [7, 11) is 0. The molecule has 0 saturated heterocycles. The van der Waals surface area contributed by atoms with Gasteiger partial charge in [-0.05, 0) is 24.6 Å². The molecule has 3 aromatic rings. The second kappa shape index (κ2) is 6.49. The van der Waals surface area contributed by atoms with Crippen LogP contribution in [0.5, 0.6) is 5.75 Å². The molecule has 0 radical (unpaired) electrons. The van der Waals surface area contributed by atoms with Gasteiger partial charge < -0.3 is 9.84 Å². The molecule has 0 fully saturated rings. The van der Waals surface area contributed by atoms with E-state index in [0.717, 1.165) is 6.07 Å². The molecule has 1 N–H and O–H groups in total. The van der Waals surface area contributed by atoms with Crippen LogP contribution in [0.25, 0.3) is 22.0 Å². The lowest BCUT2D eigenvalue weighted by Crippen LogP contribution is -2.07. The van der Waals surface area contributed by atoms with Crippen molar-refractivity contribution in [1.29, 1.82) is 0 Å². The number of carbonyl (C=O) groups excluding carboxylic acids is 1. The zero-order chi connectivity index (χ0) is 17.3. The van der Waals surface area contributed by atoms with Crippen molar-refractivity contribution in [2.45, 2.75) is 11.9 Å². The van der Waals surface area contributed by atoms with Crippen molar-refractivity contribution in [1.82, 2.24) is 4.98 Å². The quantitative estimate of drug-likeness (QED) is 0.552. The van der Waals surface area contributed by atoms with Crippen molar-refractivity contribution in [3.05, 3.63) is 53.8 Å². The summed E-state index contributed by atoms with van der Waals surface area (Å²) < 4.78 is 19.4. The van der Waals surface area contributed by atoms with Crippen LogP contribution in [0.4, 0.5) is 4.39 Å². The number of esters is 1. The standard InChI is InChI=1S/C18H14FNO3S/c1-2-23-18(22)15-16(21)12-8-13(19)11(9-14(12)20-17(15)24)10-6-4-3-5-7-10/h3-9H,2H2,1H3,(H2,20,21,24). The molecule has 0 aliphatic rings. The summed E-state index contributed by atoms with van der Waals surface area (Å²) in [6, 6.07) is 11.7. The van der Waals surface area contributed by atoms with E-state index in [1.54, 1.807) is 31.2 Å². The van der Waals surface area contributed by atoms with E-state index >= 15 is 0 Å². The van der Waals surface area contributed by atoms with Gasteiger partial charge in [-0.3, -0.25) is 0 Å². The van der Waals surface area contributed by atoms with Crippen molar-refractivity contribution in [3.8, 4) is 16.9 Å². The highest BCUT2D eigenvalue weighted by molar-refractivity contribution is 7.80. The summed E-state index contributed by atoms with van der Waals surface area (Å²) in [5.41, 5.74) is 1.21. The number of thiol groups is 1. The van der Waals surface area contributed by atoms with E-state index < -0.39 is 11.8 Å². The van der Waals surface area contributed by atoms with Gasteiger partial charge in [-0.15, -0.1) is 12.6 Å². The highest BCUT2D eigenvalue weighted by Gasteiger charge is 2.22. The molecule has 4 nitrogen and oxygen atoms in total. The van der Waals surface area contributed by atoms with Crippen LogP contribution < -0.4 is 0 Å². The molecule has 0 atom stereocenters. The third kappa shape index (κ3) is 2.80. The normalized spacial score (nSPS) is 10.8. The van der Waals surface area contributed by atoms with Crippen LogP contribution in [0.15, 0.2) is 47.5 Å². The summed E-state index contributed by atoms with van der Waals surface area (Å²) in [5.74, 6) is -1.66. The molecule has 0 aliphatic carbocycles. The van der Waals surface area contributed by atoms with Crippen LogP contribution >= 0.6 is 12.6 Å². The zero-order valence-electron chi connectivity index (χ0n) is 12.8. The molecule has 0 amide bonds. The smallest absolute Gasteiger partial charge is 0.344 e. The molecular weight excluding hydrogens is 329 g/mol. The molecule has 3 rings (SSSR count). The number of carbonyl (C=O) groups is 1. The molecule has 0 aliphatic heterocycles. The van der Waals surface area contributed by atoms with Crippen LogP contribution in [0.1, 0.15) is 17.3 Å². The Morgan fingerprint density at radius 1 is 1.29 bits per heavy atom. The lowest BCUT2D eigenvalue weighted by Gasteiger charge is -2.11. The summed E-state index contributed by atoms with van der Waals surface area (Å²) in [6.45, 7) is 1.79. The van der Waals surface area contributed by atoms with Crippen LogP contribution in [-0.4, -0.2) is 22.7 Å². The molecule has 6 heteroatoms. The van der Waals surface area contributed by atoms with E-state index in [1.165, 1.54) is 6.07 Å². The molecule has 0 spiro atoms. The third-order valence-corrected chi connectivity index (χ3v) is 3.92. The first-order chi connectivity index (χ1) is 11.5. The molecule has 0 unspecified atom stereocenters. The van der Waals surface area contributed by atoms with Gasteiger partial charge in [-0.2, -0.15) is 0 Å². The Kier molecular flexibility index (Phi) is 4.40. The lowest BCUT2D eigenvalue weighted by molar-refractivity contribution is 0.0518. The summed E-state index contributed by atoms with van der Waals surface area (Å²) in [4.78, 5) is 16.1. The fourth-order valence-electron chi connectivity index (χ4n) is 2.48. The molecule has 2 aromatic carbocycles. The van der Waals surface area contributed by atoms with Crippen LogP contribution in [0.3, 0.4) is 0 Å².